The third-order valence-electron chi connectivity index (χ3n) is 2.34. The van der Waals surface area contributed by atoms with E-state index in [1.54, 1.807) is 11.3 Å². The van der Waals surface area contributed by atoms with Crippen LogP contribution in [0.2, 0.25) is 0 Å². The fraction of sp³-hybridized carbons (Fsp3) is 0.167. The molecule has 0 atom stereocenters. The Kier molecular flexibility index (Phi) is 4.31. The summed E-state index contributed by atoms with van der Waals surface area (Å²) in [6.45, 7) is 2.66. The van der Waals surface area contributed by atoms with Crippen molar-refractivity contribution in [2.75, 3.05) is 5.32 Å². The average molecular weight is 342 g/mol. The summed E-state index contributed by atoms with van der Waals surface area (Å²) in [7, 11) is 0. The van der Waals surface area contributed by atoms with Crippen molar-refractivity contribution in [2.45, 2.75) is 13.5 Å². The van der Waals surface area contributed by atoms with E-state index >= 15 is 0 Å². The van der Waals surface area contributed by atoms with Crippen molar-refractivity contribution in [3.63, 3.8) is 0 Å². The van der Waals surface area contributed by atoms with Gasteiger partial charge >= 0.3 is 0 Å². The monoisotopic (exact) mass is 341 g/mol. The lowest BCUT2D eigenvalue weighted by Gasteiger charge is -2.10. The maximum atomic E-state index is 5.71. The highest BCUT2D eigenvalue weighted by Gasteiger charge is 2.06. The molecule has 94 valence electrons. The largest absolute Gasteiger partial charge is 0.389 e. The molecule has 1 aromatic carbocycles. The zero-order valence-corrected chi connectivity index (χ0v) is 13.0. The molecule has 0 radical (unpaired) electrons. The van der Waals surface area contributed by atoms with Crippen LogP contribution in [0.15, 0.2) is 28.1 Å². The normalized spacial score (nSPS) is 10.3. The minimum absolute atomic E-state index is 0.383. The zero-order valence-electron chi connectivity index (χ0n) is 9.74. The number of nitrogens with two attached hydrogens (primary N) is 1. The van der Waals surface area contributed by atoms with E-state index in [1.165, 1.54) is 0 Å². The van der Waals surface area contributed by atoms with Gasteiger partial charge in [-0.25, -0.2) is 4.98 Å². The van der Waals surface area contributed by atoms with Gasteiger partial charge in [0.1, 0.15) is 10.00 Å². The molecule has 0 saturated heterocycles. The van der Waals surface area contributed by atoms with Gasteiger partial charge < -0.3 is 11.1 Å². The molecule has 6 heteroatoms. The highest BCUT2D eigenvalue weighted by atomic mass is 79.9. The predicted molar refractivity (Wildman–Crippen MR) is 84.2 cm³/mol. The molecule has 0 aliphatic heterocycles. The van der Waals surface area contributed by atoms with Gasteiger partial charge in [-0.15, -0.1) is 11.3 Å². The van der Waals surface area contributed by atoms with Gasteiger partial charge in [0.2, 0.25) is 0 Å². The number of halogens is 1. The van der Waals surface area contributed by atoms with Gasteiger partial charge in [-0.1, -0.05) is 28.1 Å². The SMILES string of the molecule is Cc1csc(CNc2ccc(Br)cc2C(N)=S)n1. The maximum absolute atomic E-state index is 5.71. The number of thiocarbonyl (C=S) groups is 1. The summed E-state index contributed by atoms with van der Waals surface area (Å²) in [6, 6.07) is 5.83. The van der Waals surface area contributed by atoms with Crippen molar-refractivity contribution in [1.82, 2.24) is 4.98 Å². The Hall–Kier alpha value is -0.980. The summed E-state index contributed by atoms with van der Waals surface area (Å²) < 4.78 is 0.959. The number of benzene rings is 1. The van der Waals surface area contributed by atoms with E-state index in [0.29, 0.717) is 11.5 Å². The summed E-state index contributed by atoms with van der Waals surface area (Å²) in [6.07, 6.45) is 0. The van der Waals surface area contributed by atoms with Crippen molar-refractivity contribution in [2.24, 2.45) is 5.73 Å². The Bertz CT molecular complexity index is 580. The first kappa shape index (κ1) is 13.5. The Balaban J connectivity index is 2.16. The smallest absolute Gasteiger partial charge is 0.112 e. The summed E-state index contributed by atoms with van der Waals surface area (Å²) >= 11 is 10.1. The predicted octanol–water partition coefficient (Wildman–Crippen LogP) is 3.46. The molecule has 0 spiro atoms. The third-order valence-corrected chi connectivity index (χ3v) is 4.02. The molecule has 0 fully saturated rings. The van der Waals surface area contributed by atoms with Crippen LogP contribution in [0.3, 0.4) is 0 Å². The molecule has 0 aliphatic carbocycles. The first-order chi connectivity index (χ1) is 8.56. The Morgan fingerprint density at radius 2 is 2.33 bits per heavy atom. The second-order valence-electron chi connectivity index (χ2n) is 3.79. The van der Waals surface area contributed by atoms with Crippen LogP contribution >= 0.6 is 39.5 Å². The molecule has 0 aliphatic rings. The maximum Gasteiger partial charge on any atom is 0.112 e. The van der Waals surface area contributed by atoms with Gasteiger partial charge in [0, 0.05) is 26.8 Å². The molecule has 1 aromatic heterocycles. The molecule has 18 heavy (non-hydrogen) atoms. The van der Waals surface area contributed by atoms with E-state index in [2.05, 4.69) is 26.2 Å². The van der Waals surface area contributed by atoms with Gasteiger partial charge in [-0.2, -0.15) is 0 Å². The van der Waals surface area contributed by atoms with E-state index in [-0.39, 0.29) is 0 Å². The van der Waals surface area contributed by atoms with Crippen molar-refractivity contribution >= 4 is 50.2 Å². The molecule has 0 saturated carbocycles. The molecular weight excluding hydrogens is 330 g/mol. The number of rotatable bonds is 4. The molecule has 3 N–H and O–H groups in total. The number of aryl methyl sites for hydroxylation is 1. The quantitative estimate of drug-likeness (QED) is 0.836. The van der Waals surface area contributed by atoms with Crippen molar-refractivity contribution in [3.05, 3.63) is 44.3 Å². The first-order valence-corrected chi connectivity index (χ1v) is 7.38. The summed E-state index contributed by atoms with van der Waals surface area (Å²) in [5, 5.41) is 6.39. The molecule has 0 unspecified atom stereocenters. The number of hydrogen-bond acceptors (Lipinski definition) is 4. The van der Waals surface area contributed by atoms with E-state index < -0.39 is 0 Å². The Morgan fingerprint density at radius 1 is 1.56 bits per heavy atom. The summed E-state index contributed by atoms with van der Waals surface area (Å²) in [5.74, 6) is 0. The van der Waals surface area contributed by atoms with Gasteiger partial charge in [0.05, 0.1) is 6.54 Å². The van der Waals surface area contributed by atoms with Crippen molar-refractivity contribution in [1.29, 1.82) is 0 Å². The van der Waals surface area contributed by atoms with Crippen LogP contribution in [0.1, 0.15) is 16.3 Å². The van der Waals surface area contributed by atoms with E-state index in [0.717, 1.165) is 26.4 Å². The highest BCUT2D eigenvalue weighted by molar-refractivity contribution is 9.10. The minimum atomic E-state index is 0.383. The summed E-state index contributed by atoms with van der Waals surface area (Å²) in [4.78, 5) is 4.78. The van der Waals surface area contributed by atoms with Gasteiger partial charge in [0.15, 0.2) is 0 Å². The summed E-state index contributed by atoms with van der Waals surface area (Å²) in [5.41, 5.74) is 8.53. The standard InChI is InChI=1S/C12H12BrN3S2/c1-7-6-18-11(16-7)5-15-10-3-2-8(13)4-9(10)12(14)17/h2-4,6,15H,5H2,1H3,(H2,14,17). The lowest BCUT2D eigenvalue weighted by molar-refractivity contribution is 1.07. The first-order valence-electron chi connectivity index (χ1n) is 5.30. The Labute approximate surface area is 124 Å². The number of nitrogens with one attached hydrogen (secondary N) is 1. The average Bonchev–Trinajstić information content (AvgIpc) is 2.73. The van der Waals surface area contributed by atoms with Crippen molar-refractivity contribution < 1.29 is 0 Å². The van der Waals surface area contributed by atoms with Crippen LogP contribution < -0.4 is 11.1 Å². The van der Waals surface area contributed by atoms with Crippen LogP contribution in [0.25, 0.3) is 0 Å². The number of aromatic nitrogens is 1. The zero-order chi connectivity index (χ0) is 13.1. The second kappa shape index (κ2) is 5.77. The molecular formula is C12H12BrN3S2. The van der Waals surface area contributed by atoms with Crippen LogP contribution in [0.5, 0.6) is 0 Å². The molecule has 0 bridgehead atoms. The lowest BCUT2D eigenvalue weighted by atomic mass is 10.2. The van der Waals surface area contributed by atoms with Crippen LogP contribution in [0, 0.1) is 6.92 Å². The third kappa shape index (κ3) is 3.28. The molecule has 1 heterocycles. The molecule has 2 aromatic rings. The molecule has 3 nitrogen and oxygen atoms in total. The van der Waals surface area contributed by atoms with Gasteiger partial charge in [-0.05, 0) is 25.1 Å². The second-order valence-corrected chi connectivity index (χ2v) is 6.09. The highest BCUT2D eigenvalue weighted by Crippen LogP contribution is 2.22. The Morgan fingerprint density at radius 3 is 2.94 bits per heavy atom. The minimum Gasteiger partial charge on any atom is -0.389 e. The molecule has 0 amide bonds. The number of nitrogens with zero attached hydrogens (tertiary/aromatic N) is 1. The fourth-order valence-corrected chi connectivity index (χ4v) is 2.77. The fourth-order valence-electron chi connectivity index (χ4n) is 1.53. The topological polar surface area (TPSA) is 50.9 Å². The van der Waals surface area contributed by atoms with Gasteiger partial charge in [0.25, 0.3) is 0 Å². The molecule has 2 rings (SSSR count). The van der Waals surface area contributed by atoms with Crippen LogP contribution in [-0.4, -0.2) is 9.97 Å². The number of thiazole rings is 1. The lowest BCUT2D eigenvalue weighted by Crippen LogP contribution is -2.13. The van der Waals surface area contributed by atoms with Crippen molar-refractivity contribution in [3.8, 4) is 0 Å². The van der Waals surface area contributed by atoms with Crippen LogP contribution in [-0.2, 0) is 6.54 Å². The van der Waals surface area contributed by atoms with E-state index in [9.17, 15) is 0 Å². The van der Waals surface area contributed by atoms with Crippen LogP contribution in [0.4, 0.5) is 5.69 Å². The van der Waals surface area contributed by atoms with Gasteiger partial charge in [-0.3, -0.25) is 0 Å². The van der Waals surface area contributed by atoms with E-state index in [1.807, 2.05) is 30.5 Å². The number of anilines is 1. The number of hydrogen-bond donors (Lipinski definition) is 2. The van der Waals surface area contributed by atoms with E-state index in [4.69, 9.17) is 18.0 Å².